The predicted octanol–water partition coefficient (Wildman–Crippen LogP) is 3.27. The maximum atomic E-state index is 13.0. The molecule has 4 nitrogen and oxygen atoms in total. The molecule has 0 aromatic heterocycles. The van der Waals surface area contributed by atoms with Crippen LogP contribution in [0.5, 0.6) is 0 Å². The van der Waals surface area contributed by atoms with Crippen molar-refractivity contribution in [3.05, 3.63) is 30.1 Å². The topological polar surface area (TPSA) is 58.4 Å². The summed E-state index contributed by atoms with van der Waals surface area (Å²) in [6.45, 7) is 2.51. The van der Waals surface area contributed by atoms with Crippen molar-refractivity contribution < 1.29 is 9.18 Å². The van der Waals surface area contributed by atoms with E-state index in [9.17, 15) is 9.18 Å². The molecule has 1 saturated heterocycles. The highest BCUT2D eigenvalue weighted by Gasteiger charge is 2.35. The van der Waals surface area contributed by atoms with Gasteiger partial charge in [-0.05, 0) is 49.4 Å². The lowest BCUT2D eigenvalue weighted by Crippen LogP contribution is -2.55. The van der Waals surface area contributed by atoms with Crippen LogP contribution in [0, 0.1) is 11.7 Å². The van der Waals surface area contributed by atoms with E-state index >= 15 is 0 Å². The fraction of sp³-hybridized carbons (Fsp3) is 0.611. The van der Waals surface area contributed by atoms with Crippen LogP contribution in [0.4, 0.5) is 10.1 Å². The second-order valence-electron chi connectivity index (χ2n) is 7.00. The van der Waals surface area contributed by atoms with Crippen molar-refractivity contribution >= 4 is 36.4 Å². The summed E-state index contributed by atoms with van der Waals surface area (Å²) >= 11 is 0. The molecule has 1 aromatic carbocycles. The van der Waals surface area contributed by atoms with Crippen LogP contribution in [0.1, 0.15) is 38.5 Å². The average Bonchev–Trinajstić information content (AvgIpc) is 3.03. The van der Waals surface area contributed by atoms with Crippen LogP contribution in [0.15, 0.2) is 24.3 Å². The van der Waals surface area contributed by atoms with Gasteiger partial charge in [-0.1, -0.05) is 19.3 Å². The van der Waals surface area contributed by atoms with Gasteiger partial charge in [0.1, 0.15) is 5.82 Å². The second-order valence-corrected chi connectivity index (χ2v) is 7.00. The quantitative estimate of drug-likeness (QED) is 0.827. The number of halogens is 3. The molecule has 1 unspecified atom stereocenters. The molecule has 2 aliphatic rings. The molecule has 142 valence electrons. The van der Waals surface area contributed by atoms with Crippen molar-refractivity contribution in [1.29, 1.82) is 0 Å². The minimum atomic E-state index is -0.659. The van der Waals surface area contributed by atoms with Crippen LogP contribution < -0.4 is 16.0 Å². The van der Waals surface area contributed by atoms with E-state index in [2.05, 4.69) is 10.2 Å². The molecular formula is C18H28Cl2FN3O. The number of nitrogens with zero attached hydrogens (tertiary/aromatic N) is 1. The third kappa shape index (κ3) is 5.47. The van der Waals surface area contributed by atoms with Crippen LogP contribution in [-0.4, -0.2) is 31.1 Å². The van der Waals surface area contributed by atoms with Gasteiger partial charge in [0.15, 0.2) is 0 Å². The Balaban J connectivity index is 0.00000156. The molecule has 1 atom stereocenters. The standard InChI is InChI=1S/C18H26FN3O.2ClH/c19-15-4-6-16(7-5-15)22-11-8-14(13-22)12-21-17(23)18(20)9-2-1-3-10-18;;/h4-7,14H,1-3,8-13,20H2,(H,21,23);2*1H. The Kier molecular flexibility index (Phi) is 8.45. The maximum absolute atomic E-state index is 13.0. The Labute approximate surface area is 161 Å². The van der Waals surface area contributed by atoms with Crippen LogP contribution in [0.25, 0.3) is 0 Å². The molecule has 3 rings (SSSR count). The smallest absolute Gasteiger partial charge is 0.240 e. The van der Waals surface area contributed by atoms with Crippen molar-refractivity contribution in [3.8, 4) is 0 Å². The van der Waals surface area contributed by atoms with Crippen molar-refractivity contribution in [2.45, 2.75) is 44.1 Å². The third-order valence-corrected chi connectivity index (χ3v) is 5.23. The van der Waals surface area contributed by atoms with Crippen LogP contribution in [-0.2, 0) is 4.79 Å². The largest absolute Gasteiger partial charge is 0.371 e. The molecule has 0 spiro atoms. The number of anilines is 1. The van der Waals surface area contributed by atoms with Crippen LogP contribution in [0.3, 0.4) is 0 Å². The molecule has 0 radical (unpaired) electrons. The number of amides is 1. The van der Waals surface area contributed by atoms with Crippen LogP contribution >= 0.6 is 24.8 Å². The molecule has 1 aliphatic heterocycles. The first-order valence-electron chi connectivity index (χ1n) is 8.64. The summed E-state index contributed by atoms with van der Waals surface area (Å²) in [4.78, 5) is 14.6. The number of carbonyl (C=O) groups excluding carboxylic acids is 1. The van der Waals surface area contributed by atoms with Gasteiger partial charge in [0.2, 0.25) is 5.91 Å². The zero-order chi connectivity index (χ0) is 16.3. The lowest BCUT2D eigenvalue weighted by Gasteiger charge is -2.32. The fourth-order valence-corrected chi connectivity index (χ4v) is 3.71. The summed E-state index contributed by atoms with van der Waals surface area (Å²) in [5, 5.41) is 3.07. The van der Waals surface area contributed by atoms with Gasteiger partial charge in [-0.25, -0.2) is 4.39 Å². The highest BCUT2D eigenvalue weighted by Crippen LogP contribution is 2.27. The number of carbonyl (C=O) groups is 1. The summed E-state index contributed by atoms with van der Waals surface area (Å²) in [5.74, 6) is 0.228. The average molecular weight is 392 g/mol. The molecule has 0 bridgehead atoms. The van der Waals surface area contributed by atoms with Gasteiger partial charge in [-0.3, -0.25) is 4.79 Å². The summed E-state index contributed by atoms with van der Waals surface area (Å²) in [6, 6.07) is 6.61. The second kappa shape index (κ2) is 9.60. The van der Waals surface area contributed by atoms with E-state index < -0.39 is 5.54 Å². The molecule has 25 heavy (non-hydrogen) atoms. The van der Waals surface area contributed by atoms with E-state index in [1.54, 1.807) is 0 Å². The van der Waals surface area contributed by atoms with Gasteiger partial charge in [0.25, 0.3) is 0 Å². The lowest BCUT2D eigenvalue weighted by atomic mass is 9.82. The first-order valence-corrected chi connectivity index (χ1v) is 8.64. The van der Waals surface area contributed by atoms with Gasteiger partial charge in [-0.15, -0.1) is 24.8 Å². The number of hydrogen-bond acceptors (Lipinski definition) is 3. The predicted molar refractivity (Wildman–Crippen MR) is 104 cm³/mol. The van der Waals surface area contributed by atoms with Gasteiger partial charge >= 0.3 is 0 Å². The molecule has 1 amide bonds. The minimum absolute atomic E-state index is 0. The van der Waals surface area contributed by atoms with Gasteiger partial charge in [0, 0.05) is 25.3 Å². The third-order valence-electron chi connectivity index (χ3n) is 5.23. The molecule has 1 aromatic rings. The number of hydrogen-bond donors (Lipinski definition) is 2. The van der Waals surface area contributed by atoms with E-state index in [1.807, 2.05) is 12.1 Å². The molecule has 2 fully saturated rings. The summed E-state index contributed by atoms with van der Waals surface area (Å²) in [7, 11) is 0. The summed E-state index contributed by atoms with van der Waals surface area (Å²) in [6.07, 6.45) is 5.91. The highest BCUT2D eigenvalue weighted by molar-refractivity contribution is 5.86. The molecule has 1 aliphatic carbocycles. The fourth-order valence-electron chi connectivity index (χ4n) is 3.71. The monoisotopic (exact) mass is 391 g/mol. The Hall–Kier alpha value is -1.04. The number of nitrogens with one attached hydrogen (secondary N) is 1. The minimum Gasteiger partial charge on any atom is -0.371 e. The number of rotatable bonds is 4. The van der Waals surface area contributed by atoms with Gasteiger partial charge in [0.05, 0.1) is 5.54 Å². The van der Waals surface area contributed by atoms with Crippen molar-refractivity contribution in [2.75, 3.05) is 24.5 Å². The number of nitrogens with two attached hydrogens (primary N) is 1. The van der Waals surface area contributed by atoms with Gasteiger partial charge < -0.3 is 16.0 Å². The van der Waals surface area contributed by atoms with E-state index in [1.165, 1.54) is 18.6 Å². The molecular weight excluding hydrogens is 364 g/mol. The normalized spacial score (nSPS) is 21.8. The zero-order valence-electron chi connectivity index (χ0n) is 14.4. The summed E-state index contributed by atoms with van der Waals surface area (Å²) in [5.41, 5.74) is 6.65. The molecule has 1 saturated carbocycles. The lowest BCUT2D eigenvalue weighted by molar-refractivity contribution is -0.127. The van der Waals surface area contributed by atoms with Gasteiger partial charge in [-0.2, -0.15) is 0 Å². The Morgan fingerprint density at radius 3 is 2.48 bits per heavy atom. The van der Waals surface area contributed by atoms with E-state index in [-0.39, 0.29) is 36.5 Å². The van der Waals surface area contributed by atoms with Crippen molar-refractivity contribution in [3.63, 3.8) is 0 Å². The van der Waals surface area contributed by atoms with Crippen molar-refractivity contribution in [1.82, 2.24) is 5.32 Å². The maximum Gasteiger partial charge on any atom is 0.240 e. The molecule has 7 heteroatoms. The molecule has 3 N–H and O–H groups in total. The summed E-state index contributed by atoms with van der Waals surface area (Å²) < 4.78 is 13.0. The van der Waals surface area contributed by atoms with E-state index in [4.69, 9.17) is 5.73 Å². The van der Waals surface area contributed by atoms with Crippen LogP contribution in [0.2, 0.25) is 0 Å². The zero-order valence-corrected chi connectivity index (χ0v) is 16.0. The first kappa shape index (κ1) is 22.0. The Morgan fingerprint density at radius 1 is 1.20 bits per heavy atom. The van der Waals surface area contributed by atoms with E-state index in [0.29, 0.717) is 12.5 Å². The van der Waals surface area contributed by atoms with Crippen molar-refractivity contribution in [2.24, 2.45) is 11.7 Å². The van der Waals surface area contributed by atoms with E-state index in [0.717, 1.165) is 50.9 Å². The Morgan fingerprint density at radius 2 is 1.84 bits per heavy atom. The Bertz CT molecular complexity index is 550. The highest BCUT2D eigenvalue weighted by atomic mass is 35.5. The first-order chi connectivity index (χ1) is 11.1. The molecule has 1 heterocycles. The SMILES string of the molecule is Cl.Cl.NC1(C(=O)NCC2CCN(c3ccc(F)cc3)C2)CCCCC1. The number of benzene rings is 1.